The minimum absolute atomic E-state index is 0.0693. The number of sulfonamides is 1. The monoisotopic (exact) mass is 300 g/mol. The van der Waals surface area contributed by atoms with E-state index in [4.69, 9.17) is 11.1 Å². The zero-order chi connectivity index (χ0) is 14.8. The van der Waals surface area contributed by atoms with Crippen LogP contribution in [0.5, 0.6) is 0 Å². The molecular formula is C12H17FN4O2S. The van der Waals surface area contributed by atoms with Gasteiger partial charge in [-0.2, -0.15) is 4.31 Å². The molecule has 0 bridgehead atoms. The largest absolute Gasteiger partial charge is 0.387 e. The van der Waals surface area contributed by atoms with Crippen molar-refractivity contribution in [1.29, 1.82) is 5.41 Å². The van der Waals surface area contributed by atoms with Crippen LogP contribution in [0.1, 0.15) is 0 Å². The number of rotatable bonds is 4. The summed E-state index contributed by atoms with van der Waals surface area (Å²) in [4.78, 5) is 2.03. The fourth-order valence-corrected chi connectivity index (χ4v) is 3.55. The van der Waals surface area contributed by atoms with E-state index in [0.29, 0.717) is 32.7 Å². The molecule has 0 saturated carbocycles. The maximum absolute atomic E-state index is 12.8. The van der Waals surface area contributed by atoms with Gasteiger partial charge in [0, 0.05) is 26.2 Å². The summed E-state index contributed by atoms with van der Waals surface area (Å²) < 4.78 is 38.9. The lowest BCUT2D eigenvalue weighted by Gasteiger charge is -2.33. The molecule has 20 heavy (non-hydrogen) atoms. The Balaban J connectivity index is 2.05. The lowest BCUT2D eigenvalue weighted by molar-refractivity contribution is 0.209. The highest BCUT2D eigenvalue weighted by Gasteiger charge is 2.28. The number of hydrogen-bond acceptors (Lipinski definition) is 4. The normalized spacial score (nSPS) is 18.1. The SMILES string of the molecule is N=C(N)CN1CCN(S(=O)(=O)c2ccc(F)cc2)CC1. The van der Waals surface area contributed by atoms with E-state index >= 15 is 0 Å². The van der Waals surface area contributed by atoms with Crippen molar-refractivity contribution in [3.05, 3.63) is 30.1 Å². The van der Waals surface area contributed by atoms with Gasteiger partial charge in [0.1, 0.15) is 11.7 Å². The Labute approximate surface area is 117 Å². The van der Waals surface area contributed by atoms with E-state index in [1.165, 1.54) is 16.4 Å². The highest BCUT2D eigenvalue weighted by Crippen LogP contribution is 2.17. The van der Waals surface area contributed by atoms with Gasteiger partial charge < -0.3 is 5.73 Å². The fourth-order valence-electron chi connectivity index (χ4n) is 2.12. The lowest BCUT2D eigenvalue weighted by atomic mass is 10.3. The van der Waals surface area contributed by atoms with Crippen LogP contribution in [-0.2, 0) is 10.0 Å². The van der Waals surface area contributed by atoms with Crippen LogP contribution < -0.4 is 5.73 Å². The second-order valence-electron chi connectivity index (χ2n) is 4.66. The van der Waals surface area contributed by atoms with Gasteiger partial charge in [0.25, 0.3) is 0 Å². The van der Waals surface area contributed by atoms with Crippen molar-refractivity contribution in [2.24, 2.45) is 5.73 Å². The molecule has 110 valence electrons. The number of benzene rings is 1. The molecule has 2 rings (SSSR count). The molecule has 0 radical (unpaired) electrons. The van der Waals surface area contributed by atoms with Crippen LogP contribution in [0.3, 0.4) is 0 Å². The molecule has 0 amide bonds. The predicted molar refractivity (Wildman–Crippen MR) is 73.5 cm³/mol. The van der Waals surface area contributed by atoms with E-state index in [2.05, 4.69) is 0 Å². The summed E-state index contributed by atoms with van der Waals surface area (Å²) in [6.07, 6.45) is 0. The minimum atomic E-state index is -3.58. The Bertz CT molecular complexity index is 580. The summed E-state index contributed by atoms with van der Waals surface area (Å²) in [7, 11) is -3.58. The summed E-state index contributed by atoms with van der Waals surface area (Å²) >= 11 is 0. The molecule has 1 saturated heterocycles. The van der Waals surface area contributed by atoms with Crippen molar-refractivity contribution in [1.82, 2.24) is 9.21 Å². The lowest BCUT2D eigenvalue weighted by Crippen LogP contribution is -2.50. The van der Waals surface area contributed by atoms with Gasteiger partial charge in [-0.3, -0.25) is 10.3 Å². The first kappa shape index (κ1) is 14.9. The number of hydrogen-bond donors (Lipinski definition) is 2. The Morgan fingerprint density at radius 3 is 2.25 bits per heavy atom. The molecule has 6 nitrogen and oxygen atoms in total. The van der Waals surface area contributed by atoms with Gasteiger partial charge in [-0.15, -0.1) is 0 Å². The van der Waals surface area contributed by atoms with Crippen molar-refractivity contribution in [3.63, 3.8) is 0 Å². The second kappa shape index (κ2) is 5.86. The van der Waals surface area contributed by atoms with Crippen LogP contribution in [0, 0.1) is 11.2 Å². The van der Waals surface area contributed by atoms with E-state index in [9.17, 15) is 12.8 Å². The maximum atomic E-state index is 12.8. The molecule has 3 N–H and O–H groups in total. The molecular weight excluding hydrogens is 283 g/mol. The first-order valence-corrected chi connectivity index (χ1v) is 7.64. The van der Waals surface area contributed by atoms with Crippen LogP contribution in [-0.4, -0.2) is 56.2 Å². The third kappa shape index (κ3) is 3.33. The number of piperazine rings is 1. The van der Waals surface area contributed by atoms with Crippen molar-refractivity contribution in [2.75, 3.05) is 32.7 Å². The molecule has 0 atom stereocenters. The van der Waals surface area contributed by atoms with Crippen molar-refractivity contribution in [2.45, 2.75) is 4.90 Å². The van der Waals surface area contributed by atoms with E-state index < -0.39 is 15.8 Å². The number of halogens is 1. The average molecular weight is 300 g/mol. The van der Waals surface area contributed by atoms with Crippen LogP contribution in [0.15, 0.2) is 29.2 Å². The van der Waals surface area contributed by atoms with Gasteiger partial charge in [0.2, 0.25) is 10.0 Å². The van der Waals surface area contributed by atoms with Crippen LogP contribution >= 0.6 is 0 Å². The highest BCUT2D eigenvalue weighted by atomic mass is 32.2. The van der Waals surface area contributed by atoms with Gasteiger partial charge >= 0.3 is 0 Å². The van der Waals surface area contributed by atoms with E-state index in [-0.39, 0.29) is 10.7 Å². The predicted octanol–water partition coefficient (Wildman–Crippen LogP) is 0.0680. The van der Waals surface area contributed by atoms with Gasteiger partial charge in [0.15, 0.2) is 0 Å². The number of nitrogens with zero attached hydrogens (tertiary/aromatic N) is 2. The quantitative estimate of drug-likeness (QED) is 0.608. The van der Waals surface area contributed by atoms with Gasteiger partial charge in [-0.05, 0) is 24.3 Å². The molecule has 8 heteroatoms. The Morgan fingerprint density at radius 2 is 1.75 bits per heavy atom. The molecule has 0 unspecified atom stereocenters. The Kier molecular flexibility index (Phi) is 4.36. The summed E-state index contributed by atoms with van der Waals surface area (Å²) in [5.74, 6) is -0.393. The molecule has 0 aliphatic carbocycles. The van der Waals surface area contributed by atoms with Gasteiger partial charge in [-0.1, -0.05) is 0 Å². The molecule has 1 aromatic rings. The molecule has 0 spiro atoms. The fraction of sp³-hybridized carbons (Fsp3) is 0.417. The topological polar surface area (TPSA) is 90.5 Å². The van der Waals surface area contributed by atoms with Crippen molar-refractivity contribution >= 4 is 15.9 Å². The third-order valence-electron chi connectivity index (χ3n) is 3.18. The molecule has 1 aliphatic heterocycles. The zero-order valence-corrected chi connectivity index (χ0v) is 11.7. The van der Waals surface area contributed by atoms with E-state index in [1.54, 1.807) is 0 Å². The van der Waals surface area contributed by atoms with E-state index in [1.807, 2.05) is 4.90 Å². The summed E-state index contributed by atoms with van der Waals surface area (Å²) in [5.41, 5.74) is 5.32. The Morgan fingerprint density at radius 1 is 1.20 bits per heavy atom. The standard InChI is InChI=1S/C12H17FN4O2S/c13-10-1-3-11(4-2-10)20(18,19)17-7-5-16(6-8-17)9-12(14)15/h1-4H,5-9H2,(H3,14,15). The summed E-state index contributed by atoms with van der Waals surface area (Å²) in [6.45, 7) is 2.09. The summed E-state index contributed by atoms with van der Waals surface area (Å²) in [6, 6.07) is 4.82. The maximum Gasteiger partial charge on any atom is 0.243 e. The van der Waals surface area contributed by atoms with Gasteiger partial charge in [0.05, 0.1) is 11.4 Å². The molecule has 1 fully saturated rings. The van der Waals surface area contributed by atoms with Crippen molar-refractivity contribution < 1.29 is 12.8 Å². The molecule has 1 heterocycles. The third-order valence-corrected chi connectivity index (χ3v) is 5.09. The number of nitrogens with two attached hydrogens (primary N) is 1. The van der Waals surface area contributed by atoms with Crippen LogP contribution in [0.4, 0.5) is 4.39 Å². The van der Waals surface area contributed by atoms with Crippen LogP contribution in [0.25, 0.3) is 0 Å². The number of amidine groups is 1. The van der Waals surface area contributed by atoms with E-state index in [0.717, 1.165) is 12.1 Å². The molecule has 1 aliphatic rings. The smallest absolute Gasteiger partial charge is 0.243 e. The van der Waals surface area contributed by atoms with Crippen LogP contribution in [0.2, 0.25) is 0 Å². The highest BCUT2D eigenvalue weighted by molar-refractivity contribution is 7.89. The summed E-state index contributed by atoms with van der Waals surface area (Å²) in [5, 5.41) is 7.23. The molecule has 0 aromatic heterocycles. The average Bonchev–Trinajstić information content (AvgIpc) is 2.39. The number of nitrogens with one attached hydrogen (secondary N) is 1. The zero-order valence-electron chi connectivity index (χ0n) is 10.9. The minimum Gasteiger partial charge on any atom is -0.387 e. The first-order valence-electron chi connectivity index (χ1n) is 6.20. The molecule has 1 aromatic carbocycles. The first-order chi connectivity index (χ1) is 9.39. The second-order valence-corrected chi connectivity index (χ2v) is 6.60. The van der Waals surface area contributed by atoms with Crippen molar-refractivity contribution in [3.8, 4) is 0 Å². The Hall–Kier alpha value is -1.51. The van der Waals surface area contributed by atoms with Gasteiger partial charge in [-0.25, -0.2) is 12.8 Å².